The van der Waals surface area contributed by atoms with Gasteiger partial charge in [0.15, 0.2) is 0 Å². The van der Waals surface area contributed by atoms with Crippen molar-refractivity contribution in [3.05, 3.63) is 29.3 Å². The van der Waals surface area contributed by atoms with Crippen LogP contribution < -0.4 is 0 Å². The highest BCUT2D eigenvalue weighted by atomic mass is 16.3. The molecule has 1 atom stereocenters. The predicted octanol–water partition coefficient (Wildman–Crippen LogP) is 3.81. The maximum absolute atomic E-state index is 9.57. The fourth-order valence-corrected chi connectivity index (χ4v) is 2.84. The molecule has 1 aliphatic carbocycles. The first kappa shape index (κ1) is 10.5. The lowest BCUT2D eigenvalue weighted by atomic mass is 9.84. The second kappa shape index (κ2) is 3.26. The van der Waals surface area contributed by atoms with Crippen molar-refractivity contribution >= 4 is 0 Å². The second-order valence-corrected chi connectivity index (χ2v) is 5.71. The molecule has 0 aliphatic heterocycles. The van der Waals surface area contributed by atoms with Crippen LogP contribution in [0, 0.1) is 5.92 Å². The summed E-state index contributed by atoms with van der Waals surface area (Å²) < 4.78 is 0. The van der Waals surface area contributed by atoms with Crippen LogP contribution in [0.1, 0.15) is 51.2 Å². The summed E-state index contributed by atoms with van der Waals surface area (Å²) in [6.07, 6.45) is 1.20. The van der Waals surface area contributed by atoms with Crippen LogP contribution >= 0.6 is 0 Å². The van der Waals surface area contributed by atoms with E-state index in [4.69, 9.17) is 0 Å². The summed E-state index contributed by atoms with van der Waals surface area (Å²) in [6, 6.07) is 5.85. The van der Waals surface area contributed by atoms with E-state index in [2.05, 4.69) is 33.8 Å². The third-order valence-corrected chi connectivity index (χ3v) is 3.70. The first-order valence-electron chi connectivity index (χ1n) is 5.75. The molecule has 1 aromatic rings. The minimum Gasteiger partial charge on any atom is -0.508 e. The smallest absolute Gasteiger partial charge is 0.115 e. The first-order valence-corrected chi connectivity index (χ1v) is 5.75. The molecule has 1 heteroatoms. The van der Waals surface area contributed by atoms with E-state index in [-0.39, 0.29) is 5.41 Å². The Hall–Kier alpha value is -0.980. The Balaban J connectivity index is 2.53. The van der Waals surface area contributed by atoms with Gasteiger partial charge in [0.25, 0.3) is 0 Å². The van der Waals surface area contributed by atoms with Crippen molar-refractivity contribution in [2.75, 3.05) is 0 Å². The lowest BCUT2D eigenvalue weighted by Crippen LogP contribution is -2.13. The van der Waals surface area contributed by atoms with Crippen molar-refractivity contribution in [3.63, 3.8) is 0 Å². The zero-order valence-electron chi connectivity index (χ0n) is 10.0. The molecule has 0 fully saturated rings. The number of phenols is 1. The molecule has 2 rings (SSSR count). The SMILES string of the molecule is CC(C)[C@H]1CC(C)(C)c2ccc(O)cc21. The number of rotatable bonds is 1. The third-order valence-electron chi connectivity index (χ3n) is 3.70. The Kier molecular flexibility index (Phi) is 2.29. The van der Waals surface area contributed by atoms with Crippen molar-refractivity contribution in [1.82, 2.24) is 0 Å². The van der Waals surface area contributed by atoms with Crippen molar-refractivity contribution in [2.45, 2.75) is 45.4 Å². The Bertz CT molecular complexity index is 377. The van der Waals surface area contributed by atoms with Gasteiger partial charge in [-0.15, -0.1) is 0 Å². The molecule has 0 saturated heterocycles. The molecule has 0 spiro atoms. The maximum Gasteiger partial charge on any atom is 0.115 e. The van der Waals surface area contributed by atoms with Gasteiger partial charge >= 0.3 is 0 Å². The summed E-state index contributed by atoms with van der Waals surface area (Å²) in [5, 5.41) is 9.57. The van der Waals surface area contributed by atoms with Gasteiger partial charge in [-0.2, -0.15) is 0 Å². The monoisotopic (exact) mass is 204 g/mol. The zero-order chi connectivity index (χ0) is 11.2. The molecule has 0 amide bonds. The molecule has 0 unspecified atom stereocenters. The van der Waals surface area contributed by atoms with Gasteiger partial charge in [-0.3, -0.25) is 0 Å². The number of phenolic OH excluding ortho intramolecular Hbond substituents is 1. The number of hydrogen-bond acceptors (Lipinski definition) is 1. The van der Waals surface area contributed by atoms with E-state index in [9.17, 15) is 5.11 Å². The van der Waals surface area contributed by atoms with Crippen LogP contribution in [0.4, 0.5) is 0 Å². The van der Waals surface area contributed by atoms with Crippen LogP contribution in [-0.4, -0.2) is 5.11 Å². The lowest BCUT2D eigenvalue weighted by Gasteiger charge is -2.20. The highest BCUT2D eigenvalue weighted by Crippen LogP contribution is 2.49. The van der Waals surface area contributed by atoms with Gasteiger partial charge in [-0.05, 0) is 46.9 Å². The van der Waals surface area contributed by atoms with Crippen molar-refractivity contribution in [2.24, 2.45) is 5.92 Å². The summed E-state index contributed by atoms with van der Waals surface area (Å²) in [5.41, 5.74) is 3.03. The number of benzene rings is 1. The van der Waals surface area contributed by atoms with Gasteiger partial charge in [0.1, 0.15) is 5.75 Å². The quantitative estimate of drug-likeness (QED) is 0.737. The van der Waals surface area contributed by atoms with Crippen molar-refractivity contribution < 1.29 is 5.11 Å². The number of fused-ring (bicyclic) bond motifs is 1. The average molecular weight is 204 g/mol. The molecule has 1 N–H and O–H groups in total. The van der Waals surface area contributed by atoms with Gasteiger partial charge in [0, 0.05) is 0 Å². The largest absolute Gasteiger partial charge is 0.508 e. The molecule has 0 radical (unpaired) electrons. The molecule has 0 bridgehead atoms. The van der Waals surface area contributed by atoms with E-state index in [0.717, 1.165) is 0 Å². The zero-order valence-corrected chi connectivity index (χ0v) is 10.0. The van der Waals surface area contributed by atoms with E-state index in [1.54, 1.807) is 0 Å². The molecule has 1 aromatic carbocycles. The van der Waals surface area contributed by atoms with E-state index < -0.39 is 0 Å². The highest BCUT2D eigenvalue weighted by molar-refractivity contribution is 5.45. The molecular formula is C14H20O. The summed E-state index contributed by atoms with van der Waals surface area (Å²) in [6.45, 7) is 9.12. The second-order valence-electron chi connectivity index (χ2n) is 5.71. The summed E-state index contributed by atoms with van der Waals surface area (Å²) in [5.74, 6) is 1.64. The molecule has 15 heavy (non-hydrogen) atoms. The molecule has 0 saturated carbocycles. The van der Waals surface area contributed by atoms with Gasteiger partial charge in [0.2, 0.25) is 0 Å². The first-order chi connectivity index (χ1) is 6.92. The third kappa shape index (κ3) is 1.64. The van der Waals surface area contributed by atoms with Gasteiger partial charge in [-0.25, -0.2) is 0 Å². The van der Waals surface area contributed by atoms with E-state index in [1.807, 2.05) is 12.1 Å². The molecule has 82 valence electrons. The topological polar surface area (TPSA) is 20.2 Å². The molecule has 1 nitrogen and oxygen atoms in total. The fourth-order valence-electron chi connectivity index (χ4n) is 2.84. The minimum absolute atomic E-state index is 0.262. The van der Waals surface area contributed by atoms with E-state index in [1.165, 1.54) is 17.5 Å². The maximum atomic E-state index is 9.57. The Morgan fingerprint density at radius 2 is 2.00 bits per heavy atom. The summed E-state index contributed by atoms with van der Waals surface area (Å²) in [4.78, 5) is 0. The fraction of sp³-hybridized carbons (Fsp3) is 0.571. The standard InChI is InChI=1S/C14H20O/c1-9(2)12-8-14(3,4)13-6-5-10(15)7-11(12)13/h5-7,9,12,15H,8H2,1-4H3/t12-/m1/s1. The predicted molar refractivity (Wildman–Crippen MR) is 63.3 cm³/mol. The van der Waals surface area contributed by atoms with Crippen molar-refractivity contribution in [1.29, 1.82) is 0 Å². The summed E-state index contributed by atoms with van der Waals surface area (Å²) in [7, 11) is 0. The van der Waals surface area contributed by atoms with Crippen LogP contribution in [0.3, 0.4) is 0 Å². The van der Waals surface area contributed by atoms with Crippen LogP contribution in [0.15, 0.2) is 18.2 Å². The van der Waals surface area contributed by atoms with Gasteiger partial charge in [-0.1, -0.05) is 33.8 Å². The van der Waals surface area contributed by atoms with E-state index >= 15 is 0 Å². The summed E-state index contributed by atoms with van der Waals surface area (Å²) >= 11 is 0. The van der Waals surface area contributed by atoms with Crippen LogP contribution in [0.2, 0.25) is 0 Å². The van der Waals surface area contributed by atoms with Gasteiger partial charge in [0.05, 0.1) is 0 Å². The highest BCUT2D eigenvalue weighted by Gasteiger charge is 2.37. The Labute approximate surface area is 92.1 Å². The minimum atomic E-state index is 0.262. The number of hydrogen-bond donors (Lipinski definition) is 1. The van der Waals surface area contributed by atoms with Crippen LogP contribution in [0.5, 0.6) is 5.75 Å². The van der Waals surface area contributed by atoms with E-state index in [0.29, 0.717) is 17.6 Å². The van der Waals surface area contributed by atoms with Gasteiger partial charge < -0.3 is 5.11 Å². The molecule has 1 aliphatic rings. The molecular weight excluding hydrogens is 184 g/mol. The van der Waals surface area contributed by atoms with Crippen LogP contribution in [-0.2, 0) is 5.41 Å². The Morgan fingerprint density at radius 1 is 1.33 bits per heavy atom. The normalized spacial score (nSPS) is 23.1. The molecule has 0 aromatic heterocycles. The average Bonchev–Trinajstić information content (AvgIpc) is 2.38. The lowest BCUT2D eigenvalue weighted by molar-refractivity contribution is 0.409. The van der Waals surface area contributed by atoms with Crippen molar-refractivity contribution in [3.8, 4) is 5.75 Å². The van der Waals surface area contributed by atoms with Crippen LogP contribution in [0.25, 0.3) is 0 Å². The Morgan fingerprint density at radius 3 is 2.60 bits per heavy atom. The number of aromatic hydroxyl groups is 1. The molecule has 0 heterocycles.